The number of rotatable bonds is 5. The molecule has 2 unspecified atom stereocenters. The monoisotopic (exact) mass is 460 g/mol. The lowest BCUT2D eigenvalue weighted by atomic mass is 9.68. The maximum absolute atomic E-state index is 13.6. The fraction of sp³-hybridized carbons (Fsp3) is 0.258. The van der Waals surface area contributed by atoms with Crippen LogP contribution >= 0.6 is 0 Å². The summed E-state index contributed by atoms with van der Waals surface area (Å²) in [6.07, 6.45) is 10.6. The molecule has 0 saturated heterocycles. The molecule has 0 bridgehead atoms. The highest BCUT2D eigenvalue weighted by Gasteiger charge is 2.36. The van der Waals surface area contributed by atoms with Gasteiger partial charge in [-0.1, -0.05) is 32.9 Å². The van der Waals surface area contributed by atoms with E-state index in [1.54, 1.807) is 48.5 Å². The van der Waals surface area contributed by atoms with Crippen molar-refractivity contribution >= 4 is 11.5 Å². The molecule has 4 rings (SSSR count). The molecule has 0 fully saturated rings. The molecule has 1 N–H and O–H groups in total. The van der Waals surface area contributed by atoms with Gasteiger partial charge in [0.2, 0.25) is 0 Å². The molecule has 2 aliphatic carbocycles. The summed E-state index contributed by atoms with van der Waals surface area (Å²) in [6.45, 7) is 6.59. The molecule has 35 heavy (non-hydrogen) atoms. The van der Waals surface area contributed by atoms with Gasteiger partial charge in [-0.05, 0) is 96.3 Å². The van der Waals surface area contributed by atoms with Gasteiger partial charge in [0.1, 0.15) is 5.76 Å². The Labute approximate surface area is 206 Å². The SMILES string of the molecule is CC1C=CC(C(C)(C)C2=CC(=C(O)c3ccc(C#N)cc3)C(C(=O)c3ccc(C#N)cc3)=C2)CC1. The second-order valence-corrected chi connectivity index (χ2v) is 9.90. The molecule has 4 heteroatoms. The third-order valence-corrected chi connectivity index (χ3v) is 7.23. The molecule has 0 spiro atoms. The molecule has 0 aliphatic heterocycles. The van der Waals surface area contributed by atoms with Crippen LogP contribution < -0.4 is 0 Å². The van der Waals surface area contributed by atoms with Crippen LogP contribution in [0.15, 0.2) is 89.6 Å². The van der Waals surface area contributed by atoms with Crippen molar-refractivity contribution in [3.8, 4) is 12.1 Å². The minimum atomic E-state index is -0.237. The van der Waals surface area contributed by atoms with Gasteiger partial charge in [0, 0.05) is 22.3 Å². The number of hydrogen-bond donors (Lipinski definition) is 1. The molecule has 0 heterocycles. The predicted octanol–water partition coefficient (Wildman–Crippen LogP) is 7.08. The summed E-state index contributed by atoms with van der Waals surface area (Å²) in [6, 6.07) is 17.4. The Kier molecular flexibility index (Phi) is 6.59. The van der Waals surface area contributed by atoms with Crippen molar-refractivity contribution < 1.29 is 9.90 Å². The Balaban J connectivity index is 1.80. The van der Waals surface area contributed by atoms with Crippen molar-refractivity contribution in [1.29, 1.82) is 10.5 Å². The summed E-state index contributed by atoms with van der Waals surface area (Å²) in [5.74, 6) is 0.685. The molecule has 0 amide bonds. The zero-order valence-corrected chi connectivity index (χ0v) is 20.2. The fourth-order valence-corrected chi connectivity index (χ4v) is 4.75. The van der Waals surface area contributed by atoms with E-state index in [4.69, 9.17) is 10.5 Å². The largest absolute Gasteiger partial charge is 0.507 e. The second-order valence-electron chi connectivity index (χ2n) is 9.90. The van der Waals surface area contributed by atoms with E-state index in [0.717, 1.165) is 18.4 Å². The molecular formula is C31H28N2O2. The number of ketones is 1. The van der Waals surface area contributed by atoms with Gasteiger partial charge < -0.3 is 5.11 Å². The first-order valence-corrected chi connectivity index (χ1v) is 11.9. The Morgan fingerprint density at radius 3 is 1.97 bits per heavy atom. The lowest BCUT2D eigenvalue weighted by Crippen LogP contribution is -2.26. The first-order valence-electron chi connectivity index (χ1n) is 11.9. The van der Waals surface area contributed by atoms with E-state index in [9.17, 15) is 9.90 Å². The average Bonchev–Trinajstić information content (AvgIpc) is 3.34. The van der Waals surface area contributed by atoms with Crippen LogP contribution in [0.25, 0.3) is 5.76 Å². The van der Waals surface area contributed by atoms with E-state index in [-0.39, 0.29) is 17.0 Å². The van der Waals surface area contributed by atoms with E-state index in [0.29, 0.717) is 45.2 Å². The number of nitriles is 2. The summed E-state index contributed by atoms with van der Waals surface area (Å²) >= 11 is 0. The molecule has 2 atom stereocenters. The molecular weight excluding hydrogens is 432 g/mol. The third kappa shape index (κ3) is 4.75. The highest BCUT2D eigenvalue weighted by atomic mass is 16.3. The van der Waals surface area contributed by atoms with Crippen LogP contribution in [0.2, 0.25) is 0 Å². The van der Waals surface area contributed by atoms with Crippen molar-refractivity contribution in [1.82, 2.24) is 0 Å². The number of Topliss-reactive ketones (excluding diaryl/α,β-unsaturated/α-hetero) is 1. The molecule has 2 aliphatic rings. The number of benzene rings is 2. The van der Waals surface area contributed by atoms with E-state index in [1.165, 1.54) is 0 Å². The van der Waals surface area contributed by atoms with E-state index >= 15 is 0 Å². The van der Waals surface area contributed by atoms with Crippen molar-refractivity contribution in [3.63, 3.8) is 0 Å². The number of nitrogens with zero attached hydrogens (tertiary/aromatic N) is 2. The number of allylic oxidation sites excluding steroid dienone is 7. The zero-order valence-electron chi connectivity index (χ0n) is 20.2. The van der Waals surface area contributed by atoms with E-state index in [2.05, 4.69) is 45.1 Å². The maximum atomic E-state index is 13.6. The maximum Gasteiger partial charge on any atom is 0.193 e. The summed E-state index contributed by atoms with van der Waals surface area (Å²) < 4.78 is 0. The number of carbonyl (C=O) groups is 1. The molecule has 174 valence electrons. The topological polar surface area (TPSA) is 84.9 Å². The van der Waals surface area contributed by atoms with Crippen LogP contribution in [0, 0.1) is 39.9 Å². The van der Waals surface area contributed by atoms with Gasteiger partial charge in [-0.25, -0.2) is 0 Å². The van der Waals surface area contributed by atoms with Crippen molar-refractivity contribution in [2.45, 2.75) is 33.6 Å². The highest BCUT2D eigenvalue weighted by molar-refractivity contribution is 6.14. The van der Waals surface area contributed by atoms with Crippen LogP contribution in [-0.4, -0.2) is 10.9 Å². The lowest BCUT2D eigenvalue weighted by Gasteiger charge is -2.36. The Hall–Kier alpha value is -4.15. The van der Waals surface area contributed by atoms with Gasteiger partial charge in [-0.2, -0.15) is 10.5 Å². The fourth-order valence-electron chi connectivity index (χ4n) is 4.75. The van der Waals surface area contributed by atoms with Crippen molar-refractivity contribution in [2.24, 2.45) is 17.3 Å². The number of aliphatic hydroxyl groups is 1. The van der Waals surface area contributed by atoms with Crippen LogP contribution in [0.1, 0.15) is 60.7 Å². The van der Waals surface area contributed by atoms with Crippen LogP contribution in [0.4, 0.5) is 0 Å². The lowest BCUT2D eigenvalue weighted by molar-refractivity contribution is 0.103. The van der Waals surface area contributed by atoms with E-state index < -0.39 is 0 Å². The molecule has 0 saturated carbocycles. The minimum Gasteiger partial charge on any atom is -0.507 e. The van der Waals surface area contributed by atoms with Crippen LogP contribution in [-0.2, 0) is 0 Å². The first-order chi connectivity index (χ1) is 16.7. The first kappa shape index (κ1) is 24.0. The number of carbonyl (C=O) groups excluding carboxylic acids is 1. The molecule has 4 nitrogen and oxygen atoms in total. The normalized spacial score (nSPS) is 20.9. The van der Waals surface area contributed by atoms with Crippen molar-refractivity contribution in [2.75, 3.05) is 0 Å². The average molecular weight is 461 g/mol. The third-order valence-electron chi connectivity index (χ3n) is 7.23. The molecule has 2 aromatic carbocycles. The molecule has 0 radical (unpaired) electrons. The van der Waals surface area contributed by atoms with Gasteiger partial charge in [-0.3, -0.25) is 4.79 Å². The van der Waals surface area contributed by atoms with Crippen molar-refractivity contribution in [3.05, 3.63) is 112 Å². The van der Waals surface area contributed by atoms with Gasteiger partial charge >= 0.3 is 0 Å². The summed E-state index contributed by atoms with van der Waals surface area (Å²) in [5, 5.41) is 29.5. The Morgan fingerprint density at radius 2 is 1.46 bits per heavy atom. The van der Waals surface area contributed by atoms with Crippen LogP contribution in [0.5, 0.6) is 0 Å². The van der Waals surface area contributed by atoms with Gasteiger partial charge in [0.05, 0.1) is 23.3 Å². The van der Waals surface area contributed by atoms with Crippen LogP contribution in [0.3, 0.4) is 0 Å². The minimum absolute atomic E-state index is 0.00124. The standard InChI is InChI=1S/C31H28N2O2/c1-20-4-14-25(15-5-20)31(2,3)26-16-27(29(34)23-10-6-21(18-32)7-11-23)28(17-26)30(35)24-12-8-22(19-33)9-13-24/h4,6-14,16-17,20,25,34H,5,15H2,1-3H3. The highest BCUT2D eigenvalue weighted by Crippen LogP contribution is 2.46. The Morgan fingerprint density at radius 1 is 0.886 bits per heavy atom. The Bertz CT molecular complexity index is 1360. The smallest absolute Gasteiger partial charge is 0.193 e. The number of hydrogen-bond acceptors (Lipinski definition) is 4. The number of aliphatic hydroxyl groups excluding tert-OH is 1. The van der Waals surface area contributed by atoms with Gasteiger partial charge in [0.15, 0.2) is 5.78 Å². The van der Waals surface area contributed by atoms with Gasteiger partial charge in [0.25, 0.3) is 0 Å². The predicted molar refractivity (Wildman–Crippen MR) is 137 cm³/mol. The second kappa shape index (κ2) is 9.61. The summed E-state index contributed by atoms with van der Waals surface area (Å²) in [5.41, 5.74) is 3.63. The quantitative estimate of drug-likeness (QED) is 0.293. The summed E-state index contributed by atoms with van der Waals surface area (Å²) in [4.78, 5) is 13.6. The van der Waals surface area contributed by atoms with E-state index in [1.807, 2.05) is 12.2 Å². The molecule has 2 aromatic rings. The van der Waals surface area contributed by atoms with Gasteiger partial charge in [-0.15, -0.1) is 0 Å². The summed E-state index contributed by atoms with van der Waals surface area (Å²) in [7, 11) is 0. The molecule has 0 aromatic heterocycles. The zero-order chi connectivity index (χ0) is 25.2.